The van der Waals surface area contributed by atoms with E-state index in [9.17, 15) is 4.79 Å². The van der Waals surface area contributed by atoms with Crippen LogP contribution in [0.5, 0.6) is 0 Å². The molecule has 1 N–H and O–H groups in total. The Morgan fingerprint density at radius 2 is 1.81 bits per heavy atom. The molecule has 0 atom stereocenters. The van der Waals surface area contributed by atoms with Crippen molar-refractivity contribution in [3.63, 3.8) is 0 Å². The van der Waals surface area contributed by atoms with Gasteiger partial charge in [0.2, 0.25) is 0 Å². The Bertz CT molecular complexity index is 1360. The summed E-state index contributed by atoms with van der Waals surface area (Å²) in [5, 5.41) is 9.33. The Hall–Kier alpha value is -3.64. The van der Waals surface area contributed by atoms with Crippen LogP contribution in [-0.4, -0.2) is 27.4 Å². The number of pyridine rings is 2. The summed E-state index contributed by atoms with van der Waals surface area (Å²) in [6.45, 7) is 0.587. The number of aryl methyl sites for hydroxylation is 1. The average Bonchev–Trinajstić information content (AvgIpc) is 3.31. The Morgan fingerprint density at radius 1 is 0.968 bits per heavy atom. The van der Waals surface area contributed by atoms with Gasteiger partial charge in [-0.25, -0.2) is 4.98 Å². The standard InChI is InChI=1S/C25H20N4OS/c30-25(21-15-18-5-1-2-6-19(18)20-7-3-11-27-24(20)21)28-12-4-8-23-29-22(16-31-23)17-9-13-26-14-10-17/h1-3,5-7,9-11,13-16H,4,8,12H2,(H,28,30). The lowest BCUT2D eigenvalue weighted by Crippen LogP contribution is -2.25. The first kappa shape index (κ1) is 19.3. The predicted octanol–water partition coefficient (Wildman–Crippen LogP) is 5.27. The molecule has 0 radical (unpaired) electrons. The second-order valence-electron chi connectivity index (χ2n) is 7.27. The zero-order chi connectivity index (χ0) is 21.0. The molecule has 5 aromatic rings. The van der Waals surface area contributed by atoms with Crippen molar-refractivity contribution in [2.45, 2.75) is 12.8 Å². The highest BCUT2D eigenvalue weighted by Gasteiger charge is 2.14. The van der Waals surface area contributed by atoms with E-state index in [1.54, 1.807) is 29.9 Å². The van der Waals surface area contributed by atoms with Crippen LogP contribution >= 0.6 is 11.3 Å². The topological polar surface area (TPSA) is 67.8 Å². The Balaban J connectivity index is 1.26. The van der Waals surface area contributed by atoms with Crippen molar-refractivity contribution in [2.75, 3.05) is 6.54 Å². The monoisotopic (exact) mass is 424 g/mol. The van der Waals surface area contributed by atoms with Gasteiger partial charge in [0.25, 0.3) is 5.91 Å². The van der Waals surface area contributed by atoms with Crippen molar-refractivity contribution < 1.29 is 4.79 Å². The van der Waals surface area contributed by atoms with Crippen molar-refractivity contribution >= 4 is 38.9 Å². The number of thiazole rings is 1. The van der Waals surface area contributed by atoms with Crippen LogP contribution in [0, 0.1) is 0 Å². The van der Waals surface area contributed by atoms with Gasteiger partial charge >= 0.3 is 0 Å². The van der Waals surface area contributed by atoms with Crippen LogP contribution in [0.3, 0.4) is 0 Å². The molecule has 0 fully saturated rings. The van der Waals surface area contributed by atoms with Crippen molar-refractivity contribution in [1.82, 2.24) is 20.3 Å². The largest absolute Gasteiger partial charge is 0.352 e. The number of fused-ring (bicyclic) bond motifs is 3. The summed E-state index contributed by atoms with van der Waals surface area (Å²) in [5.74, 6) is -0.0916. The van der Waals surface area contributed by atoms with Gasteiger partial charge < -0.3 is 5.32 Å². The molecule has 1 amide bonds. The summed E-state index contributed by atoms with van der Waals surface area (Å²) in [5.41, 5.74) is 3.39. The van der Waals surface area contributed by atoms with E-state index in [0.717, 1.165) is 50.8 Å². The fourth-order valence-corrected chi connectivity index (χ4v) is 4.57. The SMILES string of the molecule is O=C(NCCCc1nc(-c2ccncc2)cs1)c1cc2ccccc2c2cccnc12. The van der Waals surface area contributed by atoms with Crippen molar-refractivity contribution in [3.05, 3.63) is 89.1 Å². The highest BCUT2D eigenvalue weighted by molar-refractivity contribution is 7.09. The lowest BCUT2D eigenvalue weighted by atomic mass is 10.0. The summed E-state index contributed by atoms with van der Waals surface area (Å²) in [6, 6.07) is 17.9. The van der Waals surface area contributed by atoms with E-state index in [1.165, 1.54) is 0 Å². The highest BCUT2D eigenvalue weighted by atomic mass is 32.1. The number of nitrogens with zero attached hydrogens (tertiary/aromatic N) is 3. The maximum atomic E-state index is 12.9. The molecular formula is C25H20N4OS. The van der Waals surface area contributed by atoms with Crippen LogP contribution < -0.4 is 5.32 Å². The van der Waals surface area contributed by atoms with Crippen LogP contribution in [0.2, 0.25) is 0 Å². The molecular weight excluding hydrogens is 404 g/mol. The van der Waals surface area contributed by atoms with E-state index < -0.39 is 0 Å². The number of hydrogen-bond donors (Lipinski definition) is 1. The summed E-state index contributed by atoms with van der Waals surface area (Å²) < 4.78 is 0. The van der Waals surface area contributed by atoms with E-state index in [1.807, 2.05) is 48.5 Å². The Morgan fingerprint density at radius 3 is 2.71 bits per heavy atom. The number of benzene rings is 2. The minimum Gasteiger partial charge on any atom is -0.352 e. The van der Waals surface area contributed by atoms with Crippen LogP contribution in [0.15, 0.2) is 78.6 Å². The minimum atomic E-state index is -0.0916. The molecule has 6 heteroatoms. The van der Waals surface area contributed by atoms with E-state index in [4.69, 9.17) is 4.98 Å². The second-order valence-corrected chi connectivity index (χ2v) is 8.21. The minimum absolute atomic E-state index is 0.0916. The molecule has 0 aliphatic rings. The van der Waals surface area contributed by atoms with E-state index >= 15 is 0 Å². The molecule has 3 heterocycles. The predicted molar refractivity (Wildman–Crippen MR) is 125 cm³/mol. The van der Waals surface area contributed by atoms with Gasteiger partial charge in [0.15, 0.2) is 0 Å². The normalized spacial score (nSPS) is 11.1. The first-order valence-electron chi connectivity index (χ1n) is 10.2. The third-order valence-corrected chi connectivity index (χ3v) is 6.15. The third kappa shape index (κ3) is 4.02. The molecule has 5 rings (SSSR count). The van der Waals surface area contributed by atoms with Crippen molar-refractivity contribution in [2.24, 2.45) is 0 Å². The second kappa shape index (κ2) is 8.62. The van der Waals surface area contributed by atoms with Gasteiger partial charge in [0, 0.05) is 47.9 Å². The van der Waals surface area contributed by atoms with E-state index in [0.29, 0.717) is 12.1 Å². The van der Waals surface area contributed by atoms with Crippen LogP contribution in [0.1, 0.15) is 21.8 Å². The zero-order valence-electron chi connectivity index (χ0n) is 16.8. The van der Waals surface area contributed by atoms with Gasteiger partial charge in [-0.1, -0.05) is 30.3 Å². The van der Waals surface area contributed by atoms with Crippen molar-refractivity contribution in [3.8, 4) is 11.3 Å². The molecule has 0 bridgehead atoms. The number of nitrogens with one attached hydrogen (secondary N) is 1. The Kier molecular flexibility index (Phi) is 5.37. The first-order chi connectivity index (χ1) is 15.3. The van der Waals surface area contributed by atoms with Gasteiger partial charge in [-0.3, -0.25) is 14.8 Å². The number of aromatic nitrogens is 3. The molecule has 31 heavy (non-hydrogen) atoms. The lowest BCUT2D eigenvalue weighted by Gasteiger charge is -2.10. The average molecular weight is 425 g/mol. The van der Waals surface area contributed by atoms with E-state index in [2.05, 4.69) is 26.7 Å². The zero-order valence-corrected chi connectivity index (χ0v) is 17.6. The molecule has 3 aromatic heterocycles. The summed E-state index contributed by atoms with van der Waals surface area (Å²) in [6.07, 6.45) is 6.93. The molecule has 0 saturated carbocycles. The van der Waals surface area contributed by atoms with E-state index in [-0.39, 0.29) is 5.91 Å². The smallest absolute Gasteiger partial charge is 0.253 e. The number of carbonyl (C=O) groups is 1. The van der Waals surface area contributed by atoms with Crippen LogP contribution in [0.4, 0.5) is 0 Å². The summed E-state index contributed by atoms with van der Waals surface area (Å²) in [7, 11) is 0. The molecule has 0 aliphatic heterocycles. The van der Waals surface area contributed by atoms with Gasteiger partial charge in [-0.2, -0.15) is 0 Å². The molecule has 5 nitrogen and oxygen atoms in total. The third-order valence-electron chi connectivity index (χ3n) is 5.24. The van der Waals surface area contributed by atoms with Gasteiger partial charge in [-0.15, -0.1) is 11.3 Å². The quantitative estimate of drug-likeness (QED) is 0.298. The lowest BCUT2D eigenvalue weighted by molar-refractivity contribution is 0.0955. The van der Waals surface area contributed by atoms with Crippen molar-refractivity contribution in [1.29, 1.82) is 0 Å². The fourth-order valence-electron chi connectivity index (χ4n) is 3.72. The first-order valence-corrected chi connectivity index (χ1v) is 11.1. The van der Waals surface area contributed by atoms with Gasteiger partial charge in [0.1, 0.15) is 0 Å². The highest BCUT2D eigenvalue weighted by Crippen LogP contribution is 2.27. The summed E-state index contributed by atoms with van der Waals surface area (Å²) >= 11 is 1.65. The van der Waals surface area contributed by atoms with Gasteiger partial charge in [-0.05, 0) is 41.5 Å². The maximum Gasteiger partial charge on any atom is 0.253 e. The molecule has 2 aromatic carbocycles. The molecule has 0 saturated heterocycles. The molecule has 152 valence electrons. The van der Waals surface area contributed by atoms with Crippen LogP contribution in [0.25, 0.3) is 32.9 Å². The number of hydrogen-bond acceptors (Lipinski definition) is 5. The summed E-state index contributed by atoms with van der Waals surface area (Å²) in [4.78, 5) is 26.2. The number of rotatable bonds is 6. The maximum absolute atomic E-state index is 12.9. The number of carbonyl (C=O) groups excluding carboxylic acids is 1. The molecule has 0 unspecified atom stereocenters. The van der Waals surface area contributed by atoms with Crippen LogP contribution in [-0.2, 0) is 6.42 Å². The molecule has 0 aliphatic carbocycles. The fraction of sp³-hybridized carbons (Fsp3) is 0.120. The van der Waals surface area contributed by atoms with Gasteiger partial charge in [0.05, 0.1) is 21.8 Å². The number of amides is 1. The molecule has 0 spiro atoms. The Labute approximate surface area is 183 Å².